The van der Waals surface area contributed by atoms with Gasteiger partial charge in [-0.15, -0.1) is 0 Å². The van der Waals surface area contributed by atoms with Gasteiger partial charge in [-0.1, -0.05) is 0 Å². The summed E-state index contributed by atoms with van der Waals surface area (Å²) in [6, 6.07) is 0. The van der Waals surface area contributed by atoms with Crippen LogP contribution in [0.1, 0.15) is 0 Å². The Bertz CT molecular complexity index is 223. The minimum absolute atomic E-state index is 0.0638. The summed E-state index contributed by atoms with van der Waals surface area (Å²) in [5.41, 5.74) is 0. The van der Waals surface area contributed by atoms with E-state index in [4.69, 9.17) is 9.84 Å². The van der Waals surface area contributed by atoms with Gasteiger partial charge in [0.15, 0.2) is 12.2 Å². The predicted molar refractivity (Wildman–Crippen MR) is 30.6 cm³/mol. The summed E-state index contributed by atoms with van der Waals surface area (Å²) in [7, 11) is 0. The highest BCUT2D eigenvalue weighted by atomic mass is 16.6. The average molecular weight is 158 g/mol. The number of fused-ring (bicyclic) bond motifs is 1. The molecule has 2 heterocycles. The van der Waals surface area contributed by atoms with Crippen LogP contribution in [0.2, 0.25) is 0 Å². The summed E-state index contributed by atoms with van der Waals surface area (Å²) in [6.07, 6.45) is -2.48. The number of carbonyl (C=O) groups is 2. The molecule has 2 rings (SSSR count). The molecule has 0 aromatic carbocycles. The molecule has 5 heteroatoms. The van der Waals surface area contributed by atoms with Crippen LogP contribution in [0.5, 0.6) is 0 Å². The molecule has 0 spiro atoms. The van der Waals surface area contributed by atoms with Crippen LogP contribution in [0.15, 0.2) is 0 Å². The molecule has 3 unspecified atom stereocenters. The second kappa shape index (κ2) is 2.02. The number of hydrogen-bond donors (Lipinski definition) is 1. The quantitative estimate of drug-likeness (QED) is 0.334. The number of hydrogen-bond acceptors (Lipinski definition) is 5. The molecule has 0 aromatic rings. The van der Waals surface area contributed by atoms with E-state index in [1.807, 2.05) is 0 Å². The SMILES string of the molecule is O=C1OC2C(O)COC2C1=O. The maximum atomic E-state index is 10.8. The van der Waals surface area contributed by atoms with Gasteiger partial charge in [-0.3, -0.25) is 4.79 Å². The van der Waals surface area contributed by atoms with Crippen molar-refractivity contribution in [3.05, 3.63) is 0 Å². The van der Waals surface area contributed by atoms with Gasteiger partial charge in [-0.2, -0.15) is 0 Å². The first-order valence-electron chi connectivity index (χ1n) is 3.24. The van der Waals surface area contributed by atoms with E-state index in [-0.39, 0.29) is 6.61 Å². The van der Waals surface area contributed by atoms with Crippen molar-refractivity contribution in [2.75, 3.05) is 6.61 Å². The Morgan fingerprint density at radius 2 is 2.18 bits per heavy atom. The van der Waals surface area contributed by atoms with Gasteiger partial charge in [0, 0.05) is 0 Å². The summed E-state index contributed by atoms with van der Waals surface area (Å²) < 4.78 is 9.37. The van der Waals surface area contributed by atoms with Gasteiger partial charge < -0.3 is 14.6 Å². The molecule has 0 bridgehead atoms. The normalized spacial score (nSPS) is 42.5. The van der Waals surface area contributed by atoms with Crippen molar-refractivity contribution in [2.24, 2.45) is 0 Å². The van der Waals surface area contributed by atoms with Crippen LogP contribution in [0.25, 0.3) is 0 Å². The topological polar surface area (TPSA) is 72.8 Å². The zero-order chi connectivity index (χ0) is 8.01. The zero-order valence-corrected chi connectivity index (χ0v) is 5.52. The van der Waals surface area contributed by atoms with Crippen molar-refractivity contribution in [2.45, 2.75) is 18.3 Å². The van der Waals surface area contributed by atoms with Crippen molar-refractivity contribution in [3.8, 4) is 0 Å². The monoisotopic (exact) mass is 158 g/mol. The van der Waals surface area contributed by atoms with E-state index in [1.165, 1.54) is 0 Å². The number of rotatable bonds is 0. The van der Waals surface area contributed by atoms with Gasteiger partial charge in [0.25, 0.3) is 5.78 Å². The molecule has 2 fully saturated rings. The van der Waals surface area contributed by atoms with Crippen LogP contribution in [0, 0.1) is 0 Å². The Morgan fingerprint density at radius 1 is 1.45 bits per heavy atom. The number of aliphatic hydroxyl groups is 1. The lowest BCUT2D eigenvalue weighted by molar-refractivity contribution is -0.151. The van der Waals surface area contributed by atoms with Crippen molar-refractivity contribution in [3.63, 3.8) is 0 Å². The molecule has 0 aliphatic carbocycles. The number of esters is 1. The molecule has 3 atom stereocenters. The standard InChI is InChI=1S/C6H6O5/c7-2-1-10-5-3(8)6(9)11-4(2)5/h2,4-5,7H,1H2. The highest BCUT2D eigenvalue weighted by Gasteiger charge is 2.52. The second-order valence-corrected chi connectivity index (χ2v) is 2.56. The second-order valence-electron chi connectivity index (χ2n) is 2.56. The number of ether oxygens (including phenoxy) is 2. The molecular weight excluding hydrogens is 152 g/mol. The molecule has 2 aliphatic heterocycles. The fourth-order valence-electron chi connectivity index (χ4n) is 1.26. The smallest absolute Gasteiger partial charge is 0.378 e. The zero-order valence-electron chi connectivity index (χ0n) is 5.52. The van der Waals surface area contributed by atoms with Gasteiger partial charge in [0.05, 0.1) is 6.61 Å². The largest absolute Gasteiger partial charge is 0.450 e. The van der Waals surface area contributed by atoms with E-state index < -0.39 is 30.1 Å². The van der Waals surface area contributed by atoms with E-state index in [1.54, 1.807) is 0 Å². The van der Waals surface area contributed by atoms with E-state index in [0.29, 0.717) is 0 Å². The van der Waals surface area contributed by atoms with Gasteiger partial charge in [-0.25, -0.2) is 4.79 Å². The lowest BCUT2D eigenvalue weighted by atomic mass is 10.1. The van der Waals surface area contributed by atoms with Gasteiger partial charge in [-0.05, 0) is 0 Å². The Labute approximate surface area is 61.9 Å². The fourth-order valence-corrected chi connectivity index (χ4v) is 1.26. The summed E-state index contributed by atoms with van der Waals surface area (Å²) in [4.78, 5) is 21.4. The Kier molecular flexibility index (Phi) is 1.24. The van der Waals surface area contributed by atoms with Crippen LogP contribution in [-0.2, 0) is 19.1 Å². The van der Waals surface area contributed by atoms with E-state index in [0.717, 1.165) is 0 Å². The lowest BCUT2D eigenvalue weighted by Gasteiger charge is -2.06. The Morgan fingerprint density at radius 3 is 2.82 bits per heavy atom. The summed E-state index contributed by atoms with van der Waals surface area (Å²) in [5, 5.41) is 9.08. The highest BCUT2D eigenvalue weighted by Crippen LogP contribution is 2.24. The third-order valence-electron chi connectivity index (χ3n) is 1.83. The maximum Gasteiger partial charge on any atom is 0.378 e. The molecule has 0 saturated carbocycles. The molecule has 5 nitrogen and oxygen atoms in total. The molecule has 11 heavy (non-hydrogen) atoms. The van der Waals surface area contributed by atoms with Crippen LogP contribution >= 0.6 is 0 Å². The minimum Gasteiger partial charge on any atom is -0.450 e. The number of ketones is 1. The van der Waals surface area contributed by atoms with E-state index in [9.17, 15) is 9.59 Å². The van der Waals surface area contributed by atoms with E-state index in [2.05, 4.69) is 4.74 Å². The first-order chi connectivity index (χ1) is 5.20. The van der Waals surface area contributed by atoms with Crippen LogP contribution in [0.4, 0.5) is 0 Å². The number of Topliss-reactive ketones (excluding diaryl/α,β-unsaturated/α-hetero) is 1. The number of carbonyl (C=O) groups excluding carboxylic acids is 2. The van der Waals surface area contributed by atoms with Crippen molar-refractivity contribution in [1.29, 1.82) is 0 Å². The molecule has 2 aliphatic rings. The summed E-state index contributed by atoms with van der Waals surface area (Å²) >= 11 is 0. The van der Waals surface area contributed by atoms with Gasteiger partial charge >= 0.3 is 5.97 Å². The van der Waals surface area contributed by atoms with Crippen molar-refractivity contribution >= 4 is 11.8 Å². The Balaban J connectivity index is 2.24. The average Bonchev–Trinajstić information content (AvgIpc) is 2.43. The van der Waals surface area contributed by atoms with E-state index >= 15 is 0 Å². The third-order valence-corrected chi connectivity index (χ3v) is 1.83. The fraction of sp³-hybridized carbons (Fsp3) is 0.667. The molecular formula is C6H6O5. The van der Waals surface area contributed by atoms with Crippen molar-refractivity contribution in [1.82, 2.24) is 0 Å². The minimum atomic E-state index is -0.904. The van der Waals surface area contributed by atoms with Gasteiger partial charge in [0.1, 0.15) is 6.10 Å². The molecule has 0 radical (unpaired) electrons. The molecule has 0 amide bonds. The molecule has 60 valence electrons. The van der Waals surface area contributed by atoms with Crippen LogP contribution < -0.4 is 0 Å². The van der Waals surface area contributed by atoms with Crippen LogP contribution in [-0.4, -0.2) is 41.8 Å². The molecule has 0 aromatic heterocycles. The highest BCUT2D eigenvalue weighted by molar-refractivity contribution is 6.37. The summed E-state index contributed by atoms with van der Waals surface area (Å²) in [6.45, 7) is 0.0638. The molecule has 1 N–H and O–H groups in total. The summed E-state index contributed by atoms with van der Waals surface area (Å²) in [5.74, 6) is -1.59. The number of aliphatic hydroxyl groups excluding tert-OH is 1. The predicted octanol–water partition coefficient (Wildman–Crippen LogP) is -1.76. The van der Waals surface area contributed by atoms with Crippen molar-refractivity contribution < 1.29 is 24.2 Å². The van der Waals surface area contributed by atoms with Crippen LogP contribution in [0.3, 0.4) is 0 Å². The first-order valence-corrected chi connectivity index (χ1v) is 3.24. The molecule has 2 saturated heterocycles. The first kappa shape index (κ1) is 6.75. The maximum absolute atomic E-state index is 10.8. The Hall–Kier alpha value is -0.940. The van der Waals surface area contributed by atoms with Gasteiger partial charge in [0.2, 0.25) is 0 Å². The third kappa shape index (κ3) is 0.780. The lowest BCUT2D eigenvalue weighted by Crippen LogP contribution is -2.28.